The molecule has 0 aliphatic carbocycles. The Morgan fingerprint density at radius 1 is 1.19 bits per heavy atom. The molecule has 2 N–H and O–H groups in total. The first-order valence-electron chi connectivity index (χ1n) is 11.7. The zero-order valence-corrected chi connectivity index (χ0v) is 20.9. The molecular weight excluding hydrogens is 474 g/mol. The molecule has 1 saturated heterocycles. The van der Waals surface area contributed by atoms with Crippen molar-refractivity contribution in [2.75, 3.05) is 17.3 Å². The number of benzene rings is 1. The summed E-state index contributed by atoms with van der Waals surface area (Å²) in [5.74, 6) is 1.34. The van der Waals surface area contributed by atoms with Crippen molar-refractivity contribution in [2.24, 2.45) is 0 Å². The minimum absolute atomic E-state index is 0.0803. The average molecular weight is 502 g/mol. The van der Waals surface area contributed by atoms with E-state index >= 15 is 0 Å². The minimum Gasteiger partial charge on any atom is -0.494 e. The predicted molar refractivity (Wildman–Crippen MR) is 142 cm³/mol. The van der Waals surface area contributed by atoms with Gasteiger partial charge in [0.1, 0.15) is 17.6 Å². The van der Waals surface area contributed by atoms with E-state index in [1.165, 1.54) is 0 Å². The number of pyridine rings is 1. The van der Waals surface area contributed by atoms with Crippen molar-refractivity contribution >= 4 is 34.6 Å². The number of amides is 1. The predicted octanol–water partition coefficient (Wildman–Crippen LogP) is 5.06. The Labute approximate surface area is 214 Å². The molecule has 4 heterocycles. The number of nitrogens with one attached hydrogen (secondary N) is 2. The summed E-state index contributed by atoms with van der Waals surface area (Å²) in [6, 6.07) is 19.1. The molecule has 36 heavy (non-hydrogen) atoms. The number of aromatic nitrogens is 2. The van der Waals surface area contributed by atoms with Crippen molar-refractivity contribution in [2.45, 2.75) is 32.0 Å². The van der Waals surface area contributed by atoms with Gasteiger partial charge in [0.25, 0.3) is 0 Å². The van der Waals surface area contributed by atoms with Crippen molar-refractivity contribution in [1.29, 1.82) is 0 Å². The summed E-state index contributed by atoms with van der Waals surface area (Å²) in [7, 11) is 1.59. The van der Waals surface area contributed by atoms with Crippen LogP contribution in [0.25, 0.3) is 0 Å². The number of rotatable bonds is 8. The van der Waals surface area contributed by atoms with Gasteiger partial charge in [0.15, 0.2) is 5.11 Å². The number of hydrogen-bond acceptors (Lipinski definition) is 5. The van der Waals surface area contributed by atoms with Crippen LogP contribution in [-0.4, -0.2) is 27.7 Å². The van der Waals surface area contributed by atoms with Crippen LogP contribution >= 0.6 is 12.2 Å². The average Bonchev–Trinajstić information content (AvgIpc) is 3.65. The molecule has 1 aliphatic heterocycles. The maximum absolute atomic E-state index is 12.0. The SMILES string of the molecule is CCC(=O)Nc1ccc(N2C(=S)NC(c3ccccn3)C2c2cccn2Cc2ccco2)cc1OC. The van der Waals surface area contributed by atoms with E-state index in [1.807, 2.05) is 67.7 Å². The summed E-state index contributed by atoms with van der Waals surface area (Å²) < 4.78 is 13.4. The van der Waals surface area contributed by atoms with Gasteiger partial charge in [-0.25, -0.2) is 0 Å². The number of anilines is 2. The topological polar surface area (TPSA) is 84.6 Å². The van der Waals surface area contributed by atoms with Crippen LogP contribution in [0.3, 0.4) is 0 Å². The number of nitrogens with zero attached hydrogens (tertiary/aromatic N) is 3. The fourth-order valence-electron chi connectivity index (χ4n) is 4.52. The van der Waals surface area contributed by atoms with Crippen LogP contribution in [0.2, 0.25) is 0 Å². The van der Waals surface area contributed by atoms with E-state index in [1.54, 1.807) is 19.6 Å². The molecule has 9 heteroatoms. The van der Waals surface area contributed by atoms with Crippen molar-refractivity contribution < 1.29 is 13.9 Å². The highest BCUT2D eigenvalue weighted by molar-refractivity contribution is 7.80. The number of hydrogen-bond donors (Lipinski definition) is 2. The normalized spacial score (nSPS) is 17.2. The smallest absolute Gasteiger partial charge is 0.224 e. The summed E-state index contributed by atoms with van der Waals surface area (Å²) in [5, 5.41) is 6.95. The third-order valence-corrected chi connectivity index (χ3v) is 6.55. The highest BCUT2D eigenvalue weighted by atomic mass is 32.1. The van der Waals surface area contributed by atoms with E-state index in [-0.39, 0.29) is 18.0 Å². The Hall–Kier alpha value is -4.11. The summed E-state index contributed by atoms with van der Waals surface area (Å²) in [5.41, 5.74) is 3.40. The lowest BCUT2D eigenvalue weighted by molar-refractivity contribution is -0.115. The number of carbonyl (C=O) groups excluding carboxylic acids is 1. The van der Waals surface area contributed by atoms with Gasteiger partial charge in [0.05, 0.1) is 37.3 Å². The van der Waals surface area contributed by atoms with E-state index in [4.69, 9.17) is 21.4 Å². The molecule has 8 nitrogen and oxygen atoms in total. The molecule has 2 unspecified atom stereocenters. The number of thiocarbonyl (C=S) groups is 1. The lowest BCUT2D eigenvalue weighted by Gasteiger charge is -2.29. The van der Waals surface area contributed by atoms with Crippen LogP contribution in [0, 0.1) is 0 Å². The zero-order valence-electron chi connectivity index (χ0n) is 20.0. The van der Waals surface area contributed by atoms with Gasteiger partial charge >= 0.3 is 0 Å². The monoisotopic (exact) mass is 501 g/mol. The van der Waals surface area contributed by atoms with Gasteiger partial charge in [0, 0.05) is 36.3 Å². The molecule has 1 fully saturated rings. The molecule has 1 amide bonds. The molecular formula is C27H27N5O3S. The van der Waals surface area contributed by atoms with E-state index in [0.717, 1.165) is 22.8 Å². The van der Waals surface area contributed by atoms with Crippen LogP contribution in [0.4, 0.5) is 11.4 Å². The van der Waals surface area contributed by atoms with Crippen LogP contribution in [0.1, 0.15) is 42.6 Å². The second kappa shape index (κ2) is 10.2. The van der Waals surface area contributed by atoms with Crippen molar-refractivity contribution in [3.05, 3.63) is 96.5 Å². The molecule has 0 bridgehead atoms. The molecule has 184 valence electrons. The third kappa shape index (κ3) is 4.57. The maximum atomic E-state index is 12.0. The molecule has 1 aliphatic rings. The van der Waals surface area contributed by atoms with Gasteiger partial charge in [-0.3, -0.25) is 9.78 Å². The van der Waals surface area contributed by atoms with Gasteiger partial charge in [-0.1, -0.05) is 13.0 Å². The quantitative estimate of drug-likeness (QED) is 0.327. The summed E-state index contributed by atoms with van der Waals surface area (Å²) in [4.78, 5) is 18.7. The molecule has 0 radical (unpaired) electrons. The molecule has 2 atom stereocenters. The zero-order chi connectivity index (χ0) is 25.1. The van der Waals surface area contributed by atoms with Crippen molar-refractivity contribution in [1.82, 2.24) is 14.9 Å². The Bertz CT molecular complexity index is 1350. The highest BCUT2D eigenvalue weighted by Gasteiger charge is 2.42. The first-order valence-corrected chi connectivity index (χ1v) is 12.2. The van der Waals surface area contributed by atoms with Crippen LogP contribution in [0.15, 0.2) is 83.7 Å². The van der Waals surface area contributed by atoms with Gasteiger partial charge in [-0.2, -0.15) is 0 Å². The van der Waals surface area contributed by atoms with Crippen LogP contribution < -0.4 is 20.3 Å². The summed E-state index contributed by atoms with van der Waals surface area (Å²) >= 11 is 5.86. The first-order chi connectivity index (χ1) is 17.6. The van der Waals surface area contributed by atoms with Crippen molar-refractivity contribution in [3.63, 3.8) is 0 Å². The molecule has 0 saturated carbocycles. The van der Waals surface area contributed by atoms with E-state index in [0.29, 0.717) is 29.5 Å². The van der Waals surface area contributed by atoms with Gasteiger partial charge in [-0.05, 0) is 60.7 Å². The number of furan rings is 1. The van der Waals surface area contributed by atoms with Crippen LogP contribution in [0.5, 0.6) is 5.75 Å². The fourth-order valence-corrected chi connectivity index (χ4v) is 4.86. The van der Waals surface area contributed by atoms with Gasteiger partial charge in [0.2, 0.25) is 5.91 Å². The number of carbonyl (C=O) groups is 1. The van der Waals surface area contributed by atoms with Gasteiger partial charge in [-0.15, -0.1) is 0 Å². The van der Waals surface area contributed by atoms with E-state index in [2.05, 4.69) is 31.2 Å². The lowest BCUT2D eigenvalue weighted by Crippen LogP contribution is -2.30. The minimum atomic E-state index is -0.196. The second-order valence-corrected chi connectivity index (χ2v) is 8.81. The third-order valence-electron chi connectivity index (χ3n) is 6.23. The van der Waals surface area contributed by atoms with Crippen molar-refractivity contribution in [3.8, 4) is 5.75 Å². The lowest BCUT2D eigenvalue weighted by atomic mass is 10.0. The van der Waals surface area contributed by atoms with E-state index in [9.17, 15) is 4.79 Å². The Kier molecular flexibility index (Phi) is 6.73. The van der Waals surface area contributed by atoms with Crippen LogP contribution in [-0.2, 0) is 11.3 Å². The van der Waals surface area contributed by atoms with E-state index < -0.39 is 0 Å². The Morgan fingerprint density at radius 2 is 2.08 bits per heavy atom. The standard InChI is InChI=1S/C27H27N5O3S/c1-3-24(33)29-20-12-11-18(16-23(20)34-2)32-26(25(30-27(32)36)21-9-4-5-13-28-21)22-10-6-14-31(22)17-19-8-7-15-35-19/h4-16,25-26H,3,17H2,1-2H3,(H,29,33)(H,30,36). The fraction of sp³-hybridized carbons (Fsp3) is 0.222. The maximum Gasteiger partial charge on any atom is 0.224 e. The largest absolute Gasteiger partial charge is 0.494 e. The Morgan fingerprint density at radius 3 is 2.81 bits per heavy atom. The molecule has 5 rings (SSSR count). The number of ether oxygens (including phenoxy) is 1. The summed E-state index contributed by atoms with van der Waals surface area (Å²) in [6.07, 6.45) is 5.89. The second-order valence-electron chi connectivity index (χ2n) is 8.42. The Balaban J connectivity index is 1.58. The molecule has 3 aromatic heterocycles. The highest BCUT2D eigenvalue weighted by Crippen LogP contribution is 2.43. The first kappa shape index (κ1) is 23.6. The molecule has 1 aromatic carbocycles. The number of methoxy groups -OCH3 is 1. The molecule has 0 spiro atoms. The molecule has 4 aromatic rings. The van der Waals surface area contributed by atoms with Gasteiger partial charge < -0.3 is 29.3 Å². The summed E-state index contributed by atoms with van der Waals surface area (Å²) in [6.45, 7) is 2.40.